The van der Waals surface area contributed by atoms with Gasteiger partial charge >= 0.3 is 0 Å². The van der Waals surface area contributed by atoms with Crippen LogP contribution < -0.4 is 5.62 Å². The Labute approximate surface area is 197 Å². The highest BCUT2D eigenvalue weighted by atomic mass is 35.5. The zero-order valence-electron chi connectivity index (χ0n) is 18.3. The van der Waals surface area contributed by atoms with Crippen molar-refractivity contribution in [2.45, 2.75) is 19.6 Å². The molecule has 0 bridgehead atoms. The second-order valence-electron chi connectivity index (χ2n) is 8.03. The van der Waals surface area contributed by atoms with E-state index < -0.39 is 0 Å². The van der Waals surface area contributed by atoms with Crippen molar-refractivity contribution in [3.8, 4) is 6.07 Å². The van der Waals surface area contributed by atoms with Gasteiger partial charge in [-0.15, -0.1) is 0 Å². The molecule has 166 valence electrons. The SMILES string of the molecule is CN(CCn1c(=N)n(CC(=O)c2ccc(Cl)cc2)c2ccccc21)Cc1ccc(C#N)cc1. The molecular formula is C26H24ClN5O. The van der Waals surface area contributed by atoms with E-state index in [1.807, 2.05) is 60.1 Å². The second-order valence-corrected chi connectivity index (χ2v) is 8.46. The van der Waals surface area contributed by atoms with E-state index >= 15 is 0 Å². The summed E-state index contributed by atoms with van der Waals surface area (Å²) < 4.78 is 3.70. The lowest BCUT2D eigenvalue weighted by Crippen LogP contribution is -2.31. The average Bonchev–Trinajstić information content (AvgIpc) is 3.09. The number of imidazole rings is 1. The Kier molecular flexibility index (Phi) is 6.74. The molecule has 3 aromatic carbocycles. The van der Waals surface area contributed by atoms with Crippen LogP contribution in [0.3, 0.4) is 0 Å². The van der Waals surface area contributed by atoms with Gasteiger partial charge in [-0.1, -0.05) is 35.9 Å². The molecule has 0 atom stereocenters. The summed E-state index contributed by atoms with van der Waals surface area (Å²) >= 11 is 5.94. The smallest absolute Gasteiger partial charge is 0.203 e. The quantitative estimate of drug-likeness (QED) is 0.397. The number of nitrogens with one attached hydrogen (secondary N) is 1. The van der Waals surface area contributed by atoms with Gasteiger partial charge in [0.05, 0.1) is 29.2 Å². The number of para-hydroxylation sites is 2. The molecule has 0 aliphatic heterocycles. The van der Waals surface area contributed by atoms with Crippen molar-refractivity contribution in [2.24, 2.45) is 0 Å². The molecule has 0 fully saturated rings. The number of Topliss-reactive ketones (excluding diaryl/α,β-unsaturated/α-hetero) is 1. The average molecular weight is 458 g/mol. The van der Waals surface area contributed by atoms with Gasteiger partial charge in [-0.25, -0.2) is 0 Å². The number of hydrogen-bond donors (Lipinski definition) is 1. The first-order chi connectivity index (χ1) is 16.0. The van der Waals surface area contributed by atoms with Crippen LogP contribution >= 0.6 is 11.6 Å². The van der Waals surface area contributed by atoms with Crippen molar-refractivity contribution in [3.05, 3.63) is 100 Å². The van der Waals surface area contributed by atoms with E-state index in [0.717, 1.165) is 29.7 Å². The summed E-state index contributed by atoms with van der Waals surface area (Å²) in [6.45, 7) is 2.19. The van der Waals surface area contributed by atoms with Crippen LogP contribution in [-0.4, -0.2) is 33.4 Å². The fourth-order valence-corrected chi connectivity index (χ4v) is 4.02. The van der Waals surface area contributed by atoms with Crippen LogP contribution in [0.15, 0.2) is 72.8 Å². The highest BCUT2D eigenvalue weighted by Gasteiger charge is 2.15. The first kappa shape index (κ1) is 22.5. The lowest BCUT2D eigenvalue weighted by molar-refractivity contribution is 0.0971. The summed E-state index contributed by atoms with van der Waals surface area (Å²) in [6.07, 6.45) is 0. The molecule has 4 rings (SSSR count). The summed E-state index contributed by atoms with van der Waals surface area (Å²) in [6, 6.07) is 24.3. The number of hydrogen-bond acceptors (Lipinski definition) is 4. The van der Waals surface area contributed by atoms with Crippen LogP contribution in [0, 0.1) is 16.7 Å². The van der Waals surface area contributed by atoms with Crippen LogP contribution in [0.2, 0.25) is 5.02 Å². The number of carbonyl (C=O) groups excluding carboxylic acids is 1. The van der Waals surface area contributed by atoms with Gasteiger partial charge in [0.2, 0.25) is 5.62 Å². The van der Waals surface area contributed by atoms with Crippen molar-refractivity contribution in [2.75, 3.05) is 13.6 Å². The zero-order chi connectivity index (χ0) is 23.4. The normalized spacial score (nSPS) is 11.1. The number of nitrogens with zero attached hydrogens (tertiary/aromatic N) is 4. The minimum Gasteiger partial charge on any atom is -0.309 e. The molecule has 0 aliphatic rings. The van der Waals surface area contributed by atoms with Crippen LogP contribution in [-0.2, 0) is 19.6 Å². The number of benzene rings is 3. The standard InChI is InChI=1S/C26H24ClN5O/c1-30(17-20-8-6-19(16-28)7-9-20)14-15-31-23-4-2-3-5-24(23)32(26(31)29)18-25(33)21-10-12-22(27)13-11-21/h2-13,29H,14-15,17-18H2,1H3. The minimum absolute atomic E-state index is 0.0639. The van der Waals surface area contributed by atoms with Gasteiger partial charge in [0, 0.05) is 30.2 Å². The van der Waals surface area contributed by atoms with Gasteiger partial charge in [-0.2, -0.15) is 5.26 Å². The maximum absolute atomic E-state index is 12.9. The highest BCUT2D eigenvalue weighted by molar-refractivity contribution is 6.30. The molecule has 1 heterocycles. The van der Waals surface area contributed by atoms with Gasteiger partial charge in [-0.3, -0.25) is 10.2 Å². The topological polar surface area (TPSA) is 77.8 Å². The van der Waals surface area contributed by atoms with Gasteiger partial charge < -0.3 is 14.0 Å². The third-order valence-corrected chi connectivity index (χ3v) is 5.94. The largest absolute Gasteiger partial charge is 0.309 e. The Morgan fingerprint density at radius 1 is 1.00 bits per heavy atom. The Hall–Kier alpha value is -3.66. The lowest BCUT2D eigenvalue weighted by Gasteiger charge is -2.17. The molecule has 7 heteroatoms. The zero-order valence-corrected chi connectivity index (χ0v) is 19.1. The maximum atomic E-state index is 12.9. The Morgan fingerprint density at radius 3 is 2.27 bits per heavy atom. The molecule has 1 N–H and O–H groups in total. The van der Waals surface area contributed by atoms with Crippen molar-refractivity contribution in [1.29, 1.82) is 10.7 Å². The van der Waals surface area contributed by atoms with Crippen LogP contribution in [0.1, 0.15) is 21.5 Å². The molecule has 0 saturated carbocycles. The molecule has 0 saturated heterocycles. The molecule has 0 unspecified atom stereocenters. The third-order valence-electron chi connectivity index (χ3n) is 5.68. The number of ketones is 1. The molecular weight excluding hydrogens is 434 g/mol. The summed E-state index contributed by atoms with van der Waals surface area (Å²) in [5.41, 5.74) is 4.44. The van der Waals surface area contributed by atoms with Crippen molar-refractivity contribution in [3.63, 3.8) is 0 Å². The number of aromatic nitrogens is 2. The predicted molar refractivity (Wildman–Crippen MR) is 129 cm³/mol. The molecule has 0 radical (unpaired) electrons. The molecule has 0 aliphatic carbocycles. The van der Waals surface area contributed by atoms with E-state index in [2.05, 4.69) is 11.0 Å². The highest BCUT2D eigenvalue weighted by Crippen LogP contribution is 2.15. The van der Waals surface area contributed by atoms with E-state index in [9.17, 15) is 4.79 Å². The molecule has 0 amide bonds. The summed E-state index contributed by atoms with van der Waals surface area (Å²) in [5.74, 6) is -0.0639. The van der Waals surface area contributed by atoms with E-state index in [0.29, 0.717) is 28.3 Å². The van der Waals surface area contributed by atoms with Gasteiger partial charge in [0.25, 0.3) is 0 Å². The van der Waals surface area contributed by atoms with Gasteiger partial charge in [0.1, 0.15) is 0 Å². The van der Waals surface area contributed by atoms with Crippen molar-refractivity contribution < 1.29 is 4.79 Å². The fourth-order valence-electron chi connectivity index (χ4n) is 3.90. The van der Waals surface area contributed by atoms with Crippen molar-refractivity contribution >= 4 is 28.4 Å². The Morgan fingerprint density at radius 2 is 1.64 bits per heavy atom. The molecule has 33 heavy (non-hydrogen) atoms. The number of fused-ring (bicyclic) bond motifs is 1. The number of carbonyl (C=O) groups is 1. The number of halogens is 1. The van der Waals surface area contributed by atoms with Crippen LogP contribution in [0.4, 0.5) is 0 Å². The Bertz CT molecular complexity index is 1380. The summed E-state index contributed by atoms with van der Waals surface area (Å²) in [4.78, 5) is 15.0. The van der Waals surface area contributed by atoms with E-state index in [1.54, 1.807) is 28.8 Å². The van der Waals surface area contributed by atoms with Crippen molar-refractivity contribution in [1.82, 2.24) is 14.0 Å². The Balaban J connectivity index is 1.52. The third kappa shape index (κ3) is 5.06. The number of nitriles is 1. The minimum atomic E-state index is -0.0639. The number of likely N-dealkylation sites (N-methyl/N-ethyl adjacent to an activating group) is 1. The second kappa shape index (κ2) is 9.86. The number of rotatable bonds is 8. The van der Waals surface area contributed by atoms with E-state index in [4.69, 9.17) is 22.3 Å². The lowest BCUT2D eigenvalue weighted by atomic mass is 10.1. The van der Waals surface area contributed by atoms with Gasteiger partial charge in [0.15, 0.2) is 5.78 Å². The van der Waals surface area contributed by atoms with Crippen LogP contribution in [0.25, 0.3) is 11.0 Å². The molecule has 6 nitrogen and oxygen atoms in total. The maximum Gasteiger partial charge on any atom is 0.203 e. The summed E-state index contributed by atoms with van der Waals surface area (Å²) in [7, 11) is 2.03. The first-order valence-corrected chi connectivity index (χ1v) is 11.0. The predicted octanol–water partition coefficient (Wildman–Crippen LogP) is 4.46. The molecule has 4 aromatic rings. The molecule has 1 aromatic heterocycles. The first-order valence-electron chi connectivity index (χ1n) is 10.7. The monoisotopic (exact) mass is 457 g/mol. The van der Waals surface area contributed by atoms with E-state index in [-0.39, 0.29) is 12.3 Å². The fraction of sp³-hybridized carbons (Fsp3) is 0.192. The molecule has 0 spiro atoms. The van der Waals surface area contributed by atoms with Crippen LogP contribution in [0.5, 0.6) is 0 Å². The van der Waals surface area contributed by atoms with Gasteiger partial charge in [-0.05, 0) is 61.1 Å². The summed E-state index contributed by atoms with van der Waals surface area (Å²) in [5, 5.41) is 18.3. The van der Waals surface area contributed by atoms with E-state index in [1.165, 1.54) is 0 Å².